The number of hydrogen-bond acceptors (Lipinski definition) is 6. The quantitative estimate of drug-likeness (QED) is 0.584. The molecule has 174 valence electrons. The van der Waals surface area contributed by atoms with Crippen molar-refractivity contribution in [2.24, 2.45) is 17.6 Å². The average molecular weight is 467 g/mol. The number of aliphatic carboxylic acids is 1. The van der Waals surface area contributed by atoms with Crippen molar-refractivity contribution in [2.75, 3.05) is 13.1 Å². The van der Waals surface area contributed by atoms with E-state index in [-0.39, 0.29) is 6.04 Å². The van der Waals surface area contributed by atoms with Crippen LogP contribution in [0.2, 0.25) is 0 Å². The number of halogens is 3. The topological polar surface area (TPSA) is 148 Å². The third-order valence-electron chi connectivity index (χ3n) is 5.89. The molecule has 1 saturated heterocycles. The number of carbonyl (C=O) groups is 2. The molecule has 4 rings (SSSR count). The molecular formula is C17H24F3N5O5S. The highest BCUT2D eigenvalue weighted by Gasteiger charge is 2.44. The summed E-state index contributed by atoms with van der Waals surface area (Å²) < 4.78 is 62.3. The zero-order chi connectivity index (χ0) is 23.0. The van der Waals surface area contributed by atoms with Gasteiger partial charge in [0.1, 0.15) is 0 Å². The lowest BCUT2D eigenvalue weighted by molar-refractivity contribution is -0.192. The van der Waals surface area contributed by atoms with Crippen LogP contribution in [0.5, 0.6) is 0 Å². The van der Waals surface area contributed by atoms with E-state index in [0.29, 0.717) is 43.5 Å². The number of carboxylic acids is 1. The van der Waals surface area contributed by atoms with Crippen LogP contribution in [0, 0.1) is 11.8 Å². The van der Waals surface area contributed by atoms with E-state index in [9.17, 15) is 26.4 Å². The fraction of sp³-hybridized carbons (Fsp3) is 0.706. The van der Waals surface area contributed by atoms with Gasteiger partial charge in [0.05, 0.1) is 17.5 Å². The van der Waals surface area contributed by atoms with Gasteiger partial charge < -0.3 is 10.8 Å². The summed E-state index contributed by atoms with van der Waals surface area (Å²) in [6, 6.07) is 0.0444. The van der Waals surface area contributed by atoms with Crippen molar-refractivity contribution < 1.29 is 36.3 Å². The van der Waals surface area contributed by atoms with Crippen LogP contribution in [0.25, 0.3) is 0 Å². The Morgan fingerprint density at radius 1 is 1.29 bits per heavy atom. The Morgan fingerprint density at radius 3 is 2.48 bits per heavy atom. The minimum absolute atomic E-state index is 0.0444. The molecule has 3 heterocycles. The van der Waals surface area contributed by atoms with E-state index < -0.39 is 28.3 Å². The lowest BCUT2D eigenvalue weighted by Gasteiger charge is -2.26. The molecule has 10 nitrogen and oxygen atoms in total. The number of hydrogen-bond donors (Lipinski definition) is 3. The number of nitrogens with one attached hydrogen (secondary N) is 1. The predicted octanol–water partition coefficient (Wildman–Crippen LogP) is 0.496. The Hall–Kier alpha value is -2.19. The van der Waals surface area contributed by atoms with Gasteiger partial charge in [0.25, 0.3) is 5.91 Å². The Balaban J connectivity index is 0.000000339. The second-order valence-electron chi connectivity index (χ2n) is 7.96. The van der Waals surface area contributed by atoms with Gasteiger partial charge in [-0.25, -0.2) is 9.52 Å². The molecule has 1 aliphatic carbocycles. The standard InChI is InChI=1S/C15H23N5O3S.C2HF3O2/c16-7-10-3-4-19-14(6-10)13(8-17-19)15(21)18-24(22,23)20-9-11-1-2-12(20)5-11;3-2(4,5)1(6)7/h8,10-12H,1-7,9,16H2,(H,18,21);(H,6,7). The fourth-order valence-electron chi connectivity index (χ4n) is 4.29. The highest BCUT2D eigenvalue weighted by atomic mass is 32.2. The number of fused-ring (bicyclic) bond motifs is 3. The fourth-order valence-corrected chi connectivity index (χ4v) is 5.75. The normalized spacial score (nSPS) is 25.5. The molecule has 1 aromatic heterocycles. The number of rotatable bonds is 4. The first-order valence-electron chi connectivity index (χ1n) is 9.81. The van der Waals surface area contributed by atoms with Gasteiger partial charge in [0.2, 0.25) is 0 Å². The van der Waals surface area contributed by atoms with Gasteiger partial charge in [-0.1, -0.05) is 0 Å². The SMILES string of the molecule is NCC1CCn2ncc(C(=O)NS(=O)(=O)N3CC4CCC3C4)c2C1.O=C(O)C(F)(F)F. The van der Waals surface area contributed by atoms with Gasteiger partial charge in [-0.2, -0.15) is 31.0 Å². The number of piperidine rings is 1. The van der Waals surface area contributed by atoms with Crippen LogP contribution in [0.1, 0.15) is 41.7 Å². The Bertz CT molecular complexity index is 948. The summed E-state index contributed by atoms with van der Waals surface area (Å²) in [4.78, 5) is 21.4. The molecule has 1 amide bonds. The van der Waals surface area contributed by atoms with Gasteiger partial charge in [-0.3, -0.25) is 9.48 Å². The lowest BCUT2D eigenvalue weighted by Crippen LogP contribution is -2.47. The monoisotopic (exact) mass is 467 g/mol. The van der Waals surface area contributed by atoms with E-state index in [4.69, 9.17) is 15.6 Å². The molecule has 31 heavy (non-hydrogen) atoms. The van der Waals surface area contributed by atoms with Crippen molar-refractivity contribution in [3.8, 4) is 0 Å². The Kier molecular flexibility index (Phi) is 6.62. The molecule has 3 aliphatic rings. The first-order valence-corrected chi connectivity index (χ1v) is 11.2. The number of alkyl halides is 3. The van der Waals surface area contributed by atoms with Crippen molar-refractivity contribution in [3.63, 3.8) is 0 Å². The minimum Gasteiger partial charge on any atom is -0.475 e. The summed E-state index contributed by atoms with van der Waals surface area (Å²) in [7, 11) is -3.79. The molecular weight excluding hydrogens is 443 g/mol. The van der Waals surface area contributed by atoms with E-state index >= 15 is 0 Å². The van der Waals surface area contributed by atoms with Crippen LogP contribution >= 0.6 is 0 Å². The number of aryl methyl sites for hydroxylation is 1. The molecule has 0 aromatic carbocycles. The minimum atomic E-state index is -5.08. The first kappa shape index (κ1) is 23.5. The summed E-state index contributed by atoms with van der Waals surface area (Å²) in [5.74, 6) is -2.59. The summed E-state index contributed by atoms with van der Waals surface area (Å²) in [5.41, 5.74) is 6.87. The highest BCUT2D eigenvalue weighted by molar-refractivity contribution is 7.87. The van der Waals surface area contributed by atoms with Crippen molar-refractivity contribution in [1.82, 2.24) is 18.8 Å². The van der Waals surface area contributed by atoms with Crippen LogP contribution in [-0.4, -0.2) is 64.8 Å². The smallest absolute Gasteiger partial charge is 0.475 e. The molecule has 1 saturated carbocycles. The first-order chi connectivity index (χ1) is 14.4. The third kappa shape index (κ3) is 5.18. The number of nitrogens with zero attached hydrogens (tertiary/aromatic N) is 3. The highest BCUT2D eigenvalue weighted by Crippen LogP contribution is 2.38. The maximum atomic E-state index is 12.6. The Labute approximate surface area is 176 Å². The van der Waals surface area contributed by atoms with Gasteiger partial charge >= 0.3 is 22.4 Å². The zero-order valence-corrected chi connectivity index (χ0v) is 17.3. The largest absolute Gasteiger partial charge is 0.490 e. The summed E-state index contributed by atoms with van der Waals surface area (Å²) in [5, 5.41) is 11.3. The molecule has 1 aromatic rings. The molecule has 3 atom stereocenters. The van der Waals surface area contributed by atoms with Gasteiger partial charge in [0, 0.05) is 19.1 Å². The summed E-state index contributed by atoms with van der Waals surface area (Å²) in [6.45, 7) is 1.79. The molecule has 0 spiro atoms. The van der Waals surface area contributed by atoms with Gasteiger partial charge in [0.15, 0.2) is 0 Å². The number of carbonyl (C=O) groups excluding carboxylic acids is 1. The molecule has 4 N–H and O–H groups in total. The average Bonchev–Trinajstić information content (AvgIpc) is 3.42. The third-order valence-corrected chi connectivity index (χ3v) is 7.40. The van der Waals surface area contributed by atoms with Crippen LogP contribution in [-0.2, 0) is 28.0 Å². The maximum absolute atomic E-state index is 12.6. The van der Waals surface area contributed by atoms with Gasteiger partial charge in [-0.05, 0) is 50.5 Å². The second kappa shape index (κ2) is 8.74. The second-order valence-corrected chi connectivity index (χ2v) is 9.59. The number of carboxylic acid groups (broad SMARTS) is 1. The lowest BCUT2D eigenvalue weighted by atomic mass is 9.94. The zero-order valence-electron chi connectivity index (χ0n) is 16.5. The van der Waals surface area contributed by atoms with Crippen molar-refractivity contribution in [1.29, 1.82) is 0 Å². The molecule has 14 heteroatoms. The predicted molar refractivity (Wildman–Crippen MR) is 101 cm³/mol. The van der Waals surface area contributed by atoms with Crippen molar-refractivity contribution in [2.45, 2.75) is 50.9 Å². The summed E-state index contributed by atoms with van der Waals surface area (Å²) >= 11 is 0. The van der Waals surface area contributed by atoms with E-state index in [1.54, 1.807) is 4.68 Å². The Morgan fingerprint density at radius 2 is 1.97 bits per heavy atom. The molecule has 3 unspecified atom stereocenters. The van der Waals surface area contributed by atoms with Gasteiger partial charge in [-0.15, -0.1) is 0 Å². The van der Waals surface area contributed by atoms with E-state index in [2.05, 4.69) is 9.82 Å². The van der Waals surface area contributed by atoms with Crippen molar-refractivity contribution >= 4 is 22.1 Å². The molecule has 2 bridgehead atoms. The number of amides is 1. The van der Waals surface area contributed by atoms with E-state index in [1.807, 2.05) is 0 Å². The molecule has 2 fully saturated rings. The van der Waals surface area contributed by atoms with Crippen molar-refractivity contribution in [3.05, 3.63) is 17.5 Å². The van der Waals surface area contributed by atoms with Crippen LogP contribution < -0.4 is 10.5 Å². The van der Waals surface area contributed by atoms with Crippen LogP contribution in [0.3, 0.4) is 0 Å². The maximum Gasteiger partial charge on any atom is 0.490 e. The number of nitrogens with two attached hydrogens (primary N) is 1. The number of aromatic nitrogens is 2. The van der Waals surface area contributed by atoms with E-state index in [1.165, 1.54) is 10.5 Å². The van der Waals surface area contributed by atoms with E-state index in [0.717, 1.165) is 31.4 Å². The summed E-state index contributed by atoms with van der Waals surface area (Å²) in [6.07, 6.45) is 0.865. The molecule has 2 aliphatic heterocycles. The molecule has 0 radical (unpaired) electrons. The van der Waals surface area contributed by atoms with Crippen LogP contribution in [0.15, 0.2) is 6.20 Å². The van der Waals surface area contributed by atoms with Crippen LogP contribution in [0.4, 0.5) is 13.2 Å².